The molecule has 2 heterocycles. The van der Waals surface area contributed by atoms with Gasteiger partial charge < -0.3 is 0 Å². The van der Waals surface area contributed by atoms with Crippen LogP contribution in [-0.2, 0) is 16.4 Å². The SMILES string of the molecule is O=S(=O)(c1ccccc1)N1CCc2ccccc2C1c1ccsc1. The predicted molar refractivity (Wildman–Crippen MR) is 96.6 cm³/mol. The number of nitrogens with zero attached hydrogens (tertiary/aromatic N) is 1. The van der Waals surface area contributed by atoms with E-state index in [1.807, 2.05) is 41.1 Å². The summed E-state index contributed by atoms with van der Waals surface area (Å²) in [4.78, 5) is 0.351. The van der Waals surface area contributed by atoms with Crippen molar-refractivity contribution < 1.29 is 8.42 Å². The molecule has 0 amide bonds. The van der Waals surface area contributed by atoms with Gasteiger partial charge in [0.05, 0.1) is 10.9 Å². The highest BCUT2D eigenvalue weighted by molar-refractivity contribution is 7.89. The summed E-state index contributed by atoms with van der Waals surface area (Å²) in [7, 11) is -3.54. The summed E-state index contributed by atoms with van der Waals surface area (Å²) in [5.41, 5.74) is 3.35. The summed E-state index contributed by atoms with van der Waals surface area (Å²) >= 11 is 1.59. The maximum atomic E-state index is 13.2. The molecule has 1 aliphatic heterocycles. The van der Waals surface area contributed by atoms with Gasteiger partial charge >= 0.3 is 0 Å². The smallest absolute Gasteiger partial charge is 0.207 e. The van der Waals surface area contributed by atoms with E-state index in [4.69, 9.17) is 0 Å². The van der Waals surface area contributed by atoms with Crippen LogP contribution in [0.3, 0.4) is 0 Å². The average molecular weight is 355 g/mol. The van der Waals surface area contributed by atoms with E-state index in [2.05, 4.69) is 6.07 Å². The van der Waals surface area contributed by atoms with Gasteiger partial charge in [0.25, 0.3) is 0 Å². The van der Waals surface area contributed by atoms with Crippen molar-refractivity contribution in [2.75, 3.05) is 6.54 Å². The van der Waals surface area contributed by atoms with Crippen molar-refractivity contribution in [1.29, 1.82) is 0 Å². The van der Waals surface area contributed by atoms with Gasteiger partial charge in [-0.1, -0.05) is 42.5 Å². The lowest BCUT2D eigenvalue weighted by Crippen LogP contribution is -2.40. The minimum atomic E-state index is -3.54. The largest absolute Gasteiger partial charge is 0.243 e. The van der Waals surface area contributed by atoms with E-state index in [1.165, 1.54) is 5.56 Å². The molecule has 0 saturated heterocycles. The van der Waals surface area contributed by atoms with Gasteiger partial charge in [0.2, 0.25) is 10.0 Å². The van der Waals surface area contributed by atoms with Gasteiger partial charge in [-0.2, -0.15) is 15.6 Å². The molecule has 3 aromatic rings. The zero-order valence-electron chi connectivity index (χ0n) is 13.0. The Morgan fingerprint density at radius 3 is 2.46 bits per heavy atom. The second-order valence-corrected chi connectivity index (χ2v) is 8.51. The number of hydrogen-bond donors (Lipinski definition) is 0. The van der Waals surface area contributed by atoms with E-state index in [9.17, 15) is 8.42 Å². The molecule has 1 aromatic heterocycles. The fourth-order valence-electron chi connectivity index (χ4n) is 3.31. The van der Waals surface area contributed by atoms with Crippen LogP contribution in [0.2, 0.25) is 0 Å². The molecule has 24 heavy (non-hydrogen) atoms. The first kappa shape index (κ1) is 15.6. The molecule has 1 unspecified atom stereocenters. The van der Waals surface area contributed by atoms with Crippen LogP contribution < -0.4 is 0 Å². The molecule has 3 nitrogen and oxygen atoms in total. The molecule has 4 rings (SSSR count). The van der Waals surface area contributed by atoms with Crippen LogP contribution in [0, 0.1) is 0 Å². The zero-order chi connectivity index (χ0) is 16.6. The fourth-order valence-corrected chi connectivity index (χ4v) is 5.60. The quantitative estimate of drug-likeness (QED) is 0.710. The molecular formula is C19H17NO2S2. The monoisotopic (exact) mass is 355 g/mol. The number of thiophene rings is 1. The van der Waals surface area contributed by atoms with E-state index in [-0.39, 0.29) is 6.04 Å². The van der Waals surface area contributed by atoms with Gasteiger partial charge in [-0.3, -0.25) is 0 Å². The Morgan fingerprint density at radius 2 is 1.71 bits per heavy atom. The highest BCUT2D eigenvalue weighted by Gasteiger charge is 2.37. The first-order valence-corrected chi connectivity index (χ1v) is 10.2. The van der Waals surface area contributed by atoms with Crippen LogP contribution in [-0.4, -0.2) is 19.3 Å². The van der Waals surface area contributed by atoms with E-state index < -0.39 is 10.0 Å². The van der Waals surface area contributed by atoms with Crippen LogP contribution in [0.15, 0.2) is 76.3 Å². The minimum Gasteiger partial charge on any atom is -0.207 e. The normalized spacial score (nSPS) is 18.2. The Labute approximate surface area is 146 Å². The third-order valence-corrected chi connectivity index (χ3v) is 7.03. The van der Waals surface area contributed by atoms with Crippen molar-refractivity contribution in [2.24, 2.45) is 0 Å². The molecule has 5 heteroatoms. The molecule has 0 saturated carbocycles. The highest BCUT2D eigenvalue weighted by Crippen LogP contribution is 2.39. The van der Waals surface area contributed by atoms with E-state index in [1.54, 1.807) is 39.9 Å². The maximum absolute atomic E-state index is 13.2. The Bertz CT molecular complexity index is 935. The summed E-state index contributed by atoms with van der Waals surface area (Å²) in [5.74, 6) is 0. The Balaban J connectivity index is 1.86. The van der Waals surface area contributed by atoms with Crippen molar-refractivity contribution in [2.45, 2.75) is 17.4 Å². The van der Waals surface area contributed by atoms with Crippen LogP contribution in [0.1, 0.15) is 22.7 Å². The molecule has 0 N–H and O–H groups in total. The van der Waals surface area contributed by atoms with Crippen LogP contribution in [0.5, 0.6) is 0 Å². The Hall–Kier alpha value is -1.95. The number of benzene rings is 2. The molecule has 0 fully saturated rings. The van der Waals surface area contributed by atoms with Gasteiger partial charge in [0, 0.05) is 6.54 Å². The van der Waals surface area contributed by atoms with Crippen LogP contribution >= 0.6 is 11.3 Å². The number of hydrogen-bond acceptors (Lipinski definition) is 3. The zero-order valence-corrected chi connectivity index (χ0v) is 14.6. The van der Waals surface area contributed by atoms with Gasteiger partial charge in [0.1, 0.15) is 0 Å². The first-order valence-electron chi connectivity index (χ1n) is 7.85. The molecule has 0 radical (unpaired) electrons. The summed E-state index contributed by atoms with van der Waals surface area (Å²) in [5, 5.41) is 4.04. The van der Waals surface area contributed by atoms with Crippen LogP contribution in [0.25, 0.3) is 0 Å². The molecule has 0 bridgehead atoms. The Morgan fingerprint density at radius 1 is 0.958 bits per heavy atom. The molecule has 1 atom stereocenters. The third-order valence-electron chi connectivity index (χ3n) is 4.45. The lowest BCUT2D eigenvalue weighted by atomic mass is 9.91. The lowest BCUT2D eigenvalue weighted by Gasteiger charge is -2.36. The summed E-state index contributed by atoms with van der Waals surface area (Å²) in [6, 6.07) is 18.6. The lowest BCUT2D eigenvalue weighted by molar-refractivity contribution is 0.344. The second kappa shape index (κ2) is 6.16. The van der Waals surface area contributed by atoms with E-state index in [0.29, 0.717) is 11.4 Å². The summed E-state index contributed by atoms with van der Waals surface area (Å²) < 4.78 is 28.1. The summed E-state index contributed by atoms with van der Waals surface area (Å²) in [6.07, 6.45) is 0.739. The fraction of sp³-hybridized carbons (Fsp3) is 0.158. The van der Waals surface area contributed by atoms with Crippen molar-refractivity contribution >= 4 is 21.4 Å². The molecule has 122 valence electrons. The Kier molecular flexibility index (Phi) is 4.00. The van der Waals surface area contributed by atoms with Gasteiger partial charge in [0.15, 0.2) is 0 Å². The van der Waals surface area contributed by atoms with Gasteiger partial charge in [-0.05, 0) is 52.1 Å². The molecular weight excluding hydrogens is 338 g/mol. The maximum Gasteiger partial charge on any atom is 0.243 e. The molecule has 2 aromatic carbocycles. The number of sulfonamides is 1. The first-order chi connectivity index (χ1) is 11.7. The highest BCUT2D eigenvalue weighted by atomic mass is 32.2. The summed E-state index contributed by atoms with van der Waals surface area (Å²) in [6.45, 7) is 0.495. The van der Waals surface area contributed by atoms with Crippen LogP contribution in [0.4, 0.5) is 0 Å². The van der Waals surface area contributed by atoms with Gasteiger partial charge in [-0.25, -0.2) is 8.42 Å². The van der Waals surface area contributed by atoms with Crippen molar-refractivity contribution in [3.05, 3.63) is 88.1 Å². The van der Waals surface area contributed by atoms with Crippen molar-refractivity contribution in [1.82, 2.24) is 4.31 Å². The van der Waals surface area contributed by atoms with E-state index >= 15 is 0 Å². The topological polar surface area (TPSA) is 37.4 Å². The molecule has 1 aliphatic rings. The third kappa shape index (κ3) is 2.59. The van der Waals surface area contributed by atoms with Crippen molar-refractivity contribution in [3.8, 4) is 0 Å². The number of rotatable bonds is 3. The second-order valence-electron chi connectivity index (χ2n) is 5.84. The predicted octanol–water partition coefficient (Wildman–Crippen LogP) is 4.08. The van der Waals surface area contributed by atoms with Gasteiger partial charge in [-0.15, -0.1) is 0 Å². The number of fused-ring (bicyclic) bond motifs is 1. The van der Waals surface area contributed by atoms with E-state index in [0.717, 1.165) is 17.5 Å². The molecule has 0 spiro atoms. The standard InChI is InChI=1S/C19H17NO2S2/c21-24(22,17-7-2-1-3-8-17)20-12-10-15-6-4-5-9-18(15)19(20)16-11-13-23-14-16/h1-9,11,13-14,19H,10,12H2. The molecule has 0 aliphatic carbocycles. The minimum absolute atomic E-state index is 0.258. The average Bonchev–Trinajstić information content (AvgIpc) is 3.15. The van der Waals surface area contributed by atoms with Crippen molar-refractivity contribution in [3.63, 3.8) is 0 Å².